The van der Waals surface area contributed by atoms with Crippen molar-refractivity contribution in [3.8, 4) is 0 Å². The molecule has 1 saturated heterocycles. The molecule has 1 fully saturated rings. The standard InChI is InChI=1S/C23H32N4O3/c1-5-6-13-27-22(29)20(17-7-9-18(10-8-17)24-16(2)28)21(23(27)30)26(4)19-11-14-25(3)15-12-19/h7-10,19H,5-6,11-15H2,1-4H3,(H,24,28). The lowest BCUT2D eigenvalue weighted by atomic mass is 10.00. The third-order valence-electron chi connectivity index (χ3n) is 5.96. The largest absolute Gasteiger partial charge is 0.366 e. The molecule has 0 radical (unpaired) electrons. The number of unbranched alkanes of at least 4 members (excludes halogenated alkanes) is 1. The topological polar surface area (TPSA) is 73.0 Å². The van der Waals surface area contributed by atoms with Crippen molar-refractivity contribution in [1.82, 2.24) is 14.7 Å². The van der Waals surface area contributed by atoms with Gasteiger partial charge in [-0.1, -0.05) is 25.5 Å². The highest BCUT2D eigenvalue weighted by atomic mass is 16.2. The molecule has 2 aliphatic rings. The Morgan fingerprint density at radius 1 is 1.13 bits per heavy atom. The van der Waals surface area contributed by atoms with E-state index in [1.165, 1.54) is 11.8 Å². The van der Waals surface area contributed by atoms with E-state index in [1.54, 1.807) is 24.3 Å². The Morgan fingerprint density at radius 3 is 2.33 bits per heavy atom. The Balaban J connectivity index is 1.96. The minimum Gasteiger partial charge on any atom is -0.366 e. The van der Waals surface area contributed by atoms with E-state index in [4.69, 9.17) is 0 Å². The molecular weight excluding hydrogens is 380 g/mol. The molecule has 2 aliphatic heterocycles. The maximum atomic E-state index is 13.3. The summed E-state index contributed by atoms with van der Waals surface area (Å²) in [5.74, 6) is -0.575. The number of benzene rings is 1. The van der Waals surface area contributed by atoms with E-state index in [0.29, 0.717) is 29.1 Å². The van der Waals surface area contributed by atoms with Gasteiger partial charge in [-0.25, -0.2) is 0 Å². The second-order valence-corrected chi connectivity index (χ2v) is 8.24. The summed E-state index contributed by atoms with van der Waals surface area (Å²) in [4.78, 5) is 43.6. The van der Waals surface area contributed by atoms with Crippen molar-refractivity contribution in [1.29, 1.82) is 0 Å². The summed E-state index contributed by atoms with van der Waals surface area (Å²) in [6.07, 6.45) is 3.62. The first kappa shape index (κ1) is 22.0. The van der Waals surface area contributed by atoms with E-state index >= 15 is 0 Å². The van der Waals surface area contributed by atoms with Gasteiger partial charge in [0.05, 0.1) is 5.57 Å². The quantitative estimate of drug-likeness (QED) is 0.697. The first-order chi connectivity index (χ1) is 14.3. The van der Waals surface area contributed by atoms with Crippen LogP contribution in [-0.2, 0) is 14.4 Å². The van der Waals surface area contributed by atoms with Crippen molar-refractivity contribution in [2.24, 2.45) is 0 Å². The molecule has 7 heteroatoms. The predicted molar refractivity (Wildman–Crippen MR) is 118 cm³/mol. The Kier molecular flexibility index (Phi) is 6.92. The van der Waals surface area contributed by atoms with Gasteiger partial charge in [-0.15, -0.1) is 0 Å². The Morgan fingerprint density at radius 2 is 1.77 bits per heavy atom. The van der Waals surface area contributed by atoms with Crippen molar-refractivity contribution in [3.63, 3.8) is 0 Å². The van der Waals surface area contributed by atoms with Crippen LogP contribution in [0.15, 0.2) is 30.0 Å². The summed E-state index contributed by atoms with van der Waals surface area (Å²) in [6, 6.07) is 7.37. The molecule has 0 saturated carbocycles. The third kappa shape index (κ3) is 4.56. The molecular formula is C23H32N4O3. The number of piperidine rings is 1. The van der Waals surface area contributed by atoms with E-state index in [-0.39, 0.29) is 23.8 Å². The van der Waals surface area contributed by atoms with Crippen LogP contribution in [0.4, 0.5) is 5.69 Å². The van der Waals surface area contributed by atoms with Gasteiger partial charge in [0.25, 0.3) is 11.8 Å². The van der Waals surface area contributed by atoms with Gasteiger partial charge < -0.3 is 15.1 Å². The minimum atomic E-state index is -0.226. The van der Waals surface area contributed by atoms with E-state index in [1.807, 2.05) is 18.9 Å². The summed E-state index contributed by atoms with van der Waals surface area (Å²) in [7, 11) is 4.04. The molecule has 0 spiro atoms. The zero-order valence-electron chi connectivity index (χ0n) is 18.4. The molecule has 0 aliphatic carbocycles. The molecule has 30 heavy (non-hydrogen) atoms. The first-order valence-corrected chi connectivity index (χ1v) is 10.7. The molecule has 3 rings (SSSR count). The number of likely N-dealkylation sites (tertiary alicyclic amines) is 1. The van der Waals surface area contributed by atoms with Gasteiger partial charge in [0.15, 0.2) is 0 Å². The number of rotatable bonds is 7. The number of amides is 3. The average Bonchev–Trinajstić information content (AvgIpc) is 2.96. The van der Waals surface area contributed by atoms with E-state index in [2.05, 4.69) is 17.3 Å². The van der Waals surface area contributed by atoms with Crippen LogP contribution in [0.2, 0.25) is 0 Å². The fraction of sp³-hybridized carbons (Fsp3) is 0.522. The van der Waals surface area contributed by atoms with Gasteiger partial charge in [0.2, 0.25) is 5.91 Å². The number of carbonyl (C=O) groups excluding carboxylic acids is 3. The molecule has 1 N–H and O–H groups in total. The lowest BCUT2D eigenvalue weighted by Crippen LogP contribution is -2.43. The number of hydrogen-bond acceptors (Lipinski definition) is 5. The molecule has 0 atom stereocenters. The molecule has 3 amide bonds. The number of hydrogen-bond donors (Lipinski definition) is 1. The van der Waals surface area contributed by atoms with Gasteiger partial charge in [-0.05, 0) is 57.1 Å². The van der Waals surface area contributed by atoms with E-state index in [9.17, 15) is 14.4 Å². The molecule has 0 bridgehead atoms. The van der Waals surface area contributed by atoms with Crippen LogP contribution < -0.4 is 5.32 Å². The highest BCUT2D eigenvalue weighted by molar-refractivity contribution is 6.35. The van der Waals surface area contributed by atoms with Crippen LogP contribution in [0, 0.1) is 0 Å². The Bertz CT molecular complexity index is 839. The van der Waals surface area contributed by atoms with Crippen molar-refractivity contribution < 1.29 is 14.4 Å². The fourth-order valence-electron chi connectivity index (χ4n) is 4.16. The van der Waals surface area contributed by atoms with Crippen LogP contribution in [0.25, 0.3) is 5.57 Å². The SMILES string of the molecule is CCCCN1C(=O)C(c2ccc(NC(C)=O)cc2)=C(N(C)C2CCN(C)CC2)C1=O. The van der Waals surface area contributed by atoms with Crippen LogP contribution in [0.5, 0.6) is 0 Å². The molecule has 0 unspecified atom stereocenters. The summed E-state index contributed by atoms with van der Waals surface area (Å²) >= 11 is 0. The zero-order chi connectivity index (χ0) is 21.8. The van der Waals surface area contributed by atoms with E-state index in [0.717, 1.165) is 38.8 Å². The second-order valence-electron chi connectivity index (χ2n) is 8.24. The maximum absolute atomic E-state index is 13.3. The smallest absolute Gasteiger partial charge is 0.277 e. The van der Waals surface area contributed by atoms with Gasteiger partial charge in [0, 0.05) is 32.2 Å². The number of imide groups is 1. The van der Waals surface area contributed by atoms with Crippen molar-refractivity contribution >= 4 is 29.0 Å². The predicted octanol–water partition coefficient (Wildman–Crippen LogP) is 2.55. The average molecular weight is 413 g/mol. The van der Waals surface area contributed by atoms with Gasteiger partial charge in [-0.2, -0.15) is 0 Å². The van der Waals surface area contributed by atoms with Gasteiger partial charge in [-0.3, -0.25) is 19.3 Å². The monoisotopic (exact) mass is 412 g/mol. The number of likely N-dealkylation sites (N-methyl/N-ethyl adjacent to an activating group) is 1. The van der Waals surface area contributed by atoms with Crippen molar-refractivity contribution in [3.05, 3.63) is 35.5 Å². The Hall–Kier alpha value is -2.67. The van der Waals surface area contributed by atoms with Crippen LogP contribution in [0.3, 0.4) is 0 Å². The normalized spacial score (nSPS) is 18.3. The first-order valence-electron chi connectivity index (χ1n) is 10.7. The summed E-state index contributed by atoms with van der Waals surface area (Å²) < 4.78 is 0. The number of anilines is 1. The Labute approximate surface area is 178 Å². The molecule has 1 aromatic rings. The maximum Gasteiger partial charge on any atom is 0.277 e. The number of carbonyl (C=O) groups is 3. The summed E-state index contributed by atoms with van der Waals surface area (Å²) in [5.41, 5.74) is 2.33. The lowest BCUT2D eigenvalue weighted by molar-refractivity contribution is -0.137. The van der Waals surface area contributed by atoms with Crippen molar-refractivity contribution in [2.75, 3.05) is 39.0 Å². The van der Waals surface area contributed by atoms with Crippen molar-refractivity contribution in [2.45, 2.75) is 45.6 Å². The lowest BCUT2D eigenvalue weighted by Gasteiger charge is -2.36. The molecule has 1 aromatic carbocycles. The van der Waals surface area contributed by atoms with Crippen LogP contribution >= 0.6 is 0 Å². The fourth-order valence-corrected chi connectivity index (χ4v) is 4.16. The van der Waals surface area contributed by atoms with E-state index < -0.39 is 0 Å². The number of nitrogens with zero attached hydrogens (tertiary/aromatic N) is 3. The molecule has 0 aromatic heterocycles. The number of nitrogens with one attached hydrogen (secondary N) is 1. The van der Waals surface area contributed by atoms with Gasteiger partial charge in [0.1, 0.15) is 5.70 Å². The second kappa shape index (κ2) is 9.43. The molecule has 2 heterocycles. The summed E-state index contributed by atoms with van der Waals surface area (Å²) in [6.45, 7) is 5.89. The highest BCUT2D eigenvalue weighted by Gasteiger charge is 2.42. The van der Waals surface area contributed by atoms with Crippen LogP contribution in [-0.4, -0.2) is 72.2 Å². The van der Waals surface area contributed by atoms with Gasteiger partial charge >= 0.3 is 0 Å². The minimum absolute atomic E-state index is 0.150. The van der Waals surface area contributed by atoms with Crippen LogP contribution in [0.1, 0.15) is 45.1 Å². The molecule has 162 valence electrons. The third-order valence-corrected chi connectivity index (χ3v) is 5.96. The highest BCUT2D eigenvalue weighted by Crippen LogP contribution is 2.34. The summed E-state index contributed by atoms with van der Waals surface area (Å²) in [5, 5.41) is 2.74. The molecule has 7 nitrogen and oxygen atoms in total. The zero-order valence-corrected chi connectivity index (χ0v) is 18.4.